The third kappa shape index (κ3) is 6.46. The fraction of sp³-hybridized carbons (Fsp3) is 0.125. The Hall–Kier alpha value is -2.55. The summed E-state index contributed by atoms with van der Waals surface area (Å²) >= 11 is 0. The minimum absolute atomic E-state index is 0.429. The Bertz CT molecular complexity index is 849. The van der Waals surface area contributed by atoms with Crippen LogP contribution in [0.15, 0.2) is 53.9 Å². The van der Waals surface area contributed by atoms with Crippen molar-refractivity contribution in [2.45, 2.75) is 6.18 Å². The zero-order chi connectivity index (χ0) is 18.5. The number of rotatable bonds is 6. The molecule has 0 atom stereocenters. The maximum atomic E-state index is 13.3. The molecule has 0 heterocycles. The number of hydrogen-bond donors (Lipinski definition) is 1. The van der Waals surface area contributed by atoms with E-state index in [9.17, 15) is 26.0 Å². The number of halogens is 4. The molecule has 134 valence electrons. The van der Waals surface area contributed by atoms with E-state index in [0.717, 1.165) is 23.6 Å². The number of ether oxygens (including phenoxy) is 1. The topological polar surface area (TPSA) is 55.4 Å². The van der Waals surface area contributed by atoms with Gasteiger partial charge in [0.25, 0.3) is 10.0 Å². The second-order valence-corrected chi connectivity index (χ2v) is 6.47. The van der Waals surface area contributed by atoms with Gasteiger partial charge in [0.2, 0.25) is 0 Å². The van der Waals surface area contributed by atoms with Gasteiger partial charge in [-0.25, -0.2) is 12.8 Å². The molecule has 0 spiro atoms. The summed E-state index contributed by atoms with van der Waals surface area (Å²) in [7, 11) is -4.08. The molecule has 2 rings (SSSR count). The van der Waals surface area contributed by atoms with Gasteiger partial charge in [-0.15, -0.1) is 0 Å². The zero-order valence-corrected chi connectivity index (χ0v) is 13.4. The van der Waals surface area contributed by atoms with Crippen molar-refractivity contribution in [2.24, 2.45) is 0 Å². The monoisotopic (exact) mass is 375 g/mol. The first-order chi connectivity index (χ1) is 11.6. The molecule has 0 radical (unpaired) electrons. The van der Waals surface area contributed by atoms with E-state index in [1.54, 1.807) is 30.3 Å². The highest BCUT2D eigenvalue weighted by atomic mass is 32.2. The standard InChI is InChI=1S/C16H13F4NO3S/c17-13-6-7-15(24-11-16(18,19)20)14(10-13)21-25(22,23)9-8-12-4-2-1-3-5-12/h1-10,21H,11H2/b9-8+. The molecular weight excluding hydrogens is 362 g/mol. The number of alkyl halides is 3. The van der Waals surface area contributed by atoms with Gasteiger partial charge in [-0.3, -0.25) is 4.72 Å². The van der Waals surface area contributed by atoms with E-state index in [0.29, 0.717) is 5.56 Å². The number of hydrogen-bond acceptors (Lipinski definition) is 3. The van der Waals surface area contributed by atoms with E-state index in [2.05, 4.69) is 4.74 Å². The molecule has 0 fully saturated rings. The van der Waals surface area contributed by atoms with Crippen LogP contribution in [0.5, 0.6) is 5.75 Å². The highest BCUT2D eigenvalue weighted by Crippen LogP contribution is 2.28. The summed E-state index contributed by atoms with van der Waals surface area (Å²) in [5.41, 5.74) is 0.169. The van der Waals surface area contributed by atoms with E-state index < -0.39 is 40.1 Å². The lowest BCUT2D eigenvalue weighted by atomic mass is 10.2. The largest absolute Gasteiger partial charge is 0.482 e. The molecule has 0 saturated carbocycles. The minimum Gasteiger partial charge on any atom is -0.482 e. The van der Waals surface area contributed by atoms with Gasteiger partial charge in [0.05, 0.1) is 11.1 Å². The molecule has 2 aromatic carbocycles. The number of anilines is 1. The lowest BCUT2D eigenvalue weighted by Crippen LogP contribution is -2.20. The number of nitrogens with one attached hydrogen (secondary N) is 1. The summed E-state index contributed by atoms with van der Waals surface area (Å²) in [6, 6.07) is 11.0. The van der Waals surface area contributed by atoms with Gasteiger partial charge in [0, 0.05) is 6.07 Å². The van der Waals surface area contributed by atoms with Crippen LogP contribution in [-0.4, -0.2) is 21.2 Å². The van der Waals surface area contributed by atoms with Crippen molar-refractivity contribution in [2.75, 3.05) is 11.3 Å². The highest BCUT2D eigenvalue weighted by molar-refractivity contribution is 7.95. The molecule has 0 unspecified atom stereocenters. The molecule has 0 aliphatic heterocycles. The van der Waals surface area contributed by atoms with E-state index >= 15 is 0 Å². The van der Waals surface area contributed by atoms with Crippen LogP contribution in [0.3, 0.4) is 0 Å². The molecule has 0 amide bonds. The van der Waals surface area contributed by atoms with Crippen molar-refractivity contribution >= 4 is 21.8 Å². The lowest BCUT2D eigenvalue weighted by molar-refractivity contribution is -0.153. The predicted molar refractivity (Wildman–Crippen MR) is 86.0 cm³/mol. The summed E-state index contributed by atoms with van der Waals surface area (Å²) < 4.78 is 80.7. The van der Waals surface area contributed by atoms with Crippen LogP contribution in [0.25, 0.3) is 6.08 Å². The Morgan fingerprint density at radius 3 is 2.40 bits per heavy atom. The molecular formula is C16H13F4NO3S. The summed E-state index contributed by atoms with van der Waals surface area (Å²) in [6.07, 6.45) is -3.32. The predicted octanol–water partition coefficient (Wildman–Crippen LogP) is 4.18. The van der Waals surface area contributed by atoms with Gasteiger partial charge < -0.3 is 4.74 Å². The Morgan fingerprint density at radius 1 is 1.08 bits per heavy atom. The third-order valence-corrected chi connectivity index (χ3v) is 3.82. The molecule has 1 N–H and O–H groups in total. The van der Waals surface area contributed by atoms with E-state index in [1.165, 1.54) is 6.08 Å². The van der Waals surface area contributed by atoms with Gasteiger partial charge in [-0.1, -0.05) is 30.3 Å². The smallest absolute Gasteiger partial charge is 0.422 e. The van der Waals surface area contributed by atoms with Gasteiger partial charge >= 0.3 is 6.18 Å². The van der Waals surface area contributed by atoms with Crippen molar-refractivity contribution < 1.29 is 30.7 Å². The number of sulfonamides is 1. The van der Waals surface area contributed by atoms with Crippen LogP contribution in [0.1, 0.15) is 5.56 Å². The van der Waals surface area contributed by atoms with Crippen molar-refractivity contribution in [3.05, 3.63) is 65.3 Å². The molecule has 25 heavy (non-hydrogen) atoms. The van der Waals surface area contributed by atoms with Crippen molar-refractivity contribution in [3.63, 3.8) is 0 Å². The highest BCUT2D eigenvalue weighted by Gasteiger charge is 2.29. The van der Waals surface area contributed by atoms with Crippen LogP contribution in [0.2, 0.25) is 0 Å². The average molecular weight is 375 g/mol. The third-order valence-electron chi connectivity index (χ3n) is 2.82. The van der Waals surface area contributed by atoms with Crippen LogP contribution < -0.4 is 9.46 Å². The zero-order valence-electron chi connectivity index (χ0n) is 12.6. The van der Waals surface area contributed by atoms with Gasteiger partial charge in [0.1, 0.15) is 11.6 Å². The second-order valence-electron chi connectivity index (χ2n) is 4.90. The van der Waals surface area contributed by atoms with Crippen molar-refractivity contribution in [3.8, 4) is 5.75 Å². The average Bonchev–Trinajstić information content (AvgIpc) is 2.52. The fourth-order valence-electron chi connectivity index (χ4n) is 1.79. The summed E-state index contributed by atoms with van der Waals surface area (Å²) in [5.74, 6) is -1.26. The van der Waals surface area contributed by atoms with Crippen molar-refractivity contribution in [1.29, 1.82) is 0 Å². The van der Waals surface area contributed by atoms with Gasteiger partial charge in [0.15, 0.2) is 6.61 Å². The van der Waals surface area contributed by atoms with Gasteiger partial charge in [-0.2, -0.15) is 13.2 Å². The summed E-state index contributed by atoms with van der Waals surface area (Å²) in [4.78, 5) is 0. The van der Waals surface area contributed by atoms with E-state index in [1.807, 2.05) is 4.72 Å². The SMILES string of the molecule is O=S(=O)(/C=C/c1ccccc1)Nc1cc(F)ccc1OCC(F)(F)F. The van der Waals surface area contributed by atoms with Crippen LogP contribution >= 0.6 is 0 Å². The normalized spacial score (nSPS) is 12.3. The molecule has 2 aromatic rings. The second kappa shape index (κ2) is 7.56. The molecule has 0 aromatic heterocycles. The lowest BCUT2D eigenvalue weighted by Gasteiger charge is -2.14. The first-order valence-corrected chi connectivity index (χ1v) is 8.44. The van der Waals surface area contributed by atoms with E-state index in [4.69, 9.17) is 0 Å². The molecule has 0 saturated heterocycles. The Kier molecular flexibility index (Phi) is 5.68. The first kappa shape index (κ1) is 18.8. The summed E-state index contributed by atoms with van der Waals surface area (Å²) in [5, 5.41) is 0.820. The Labute approximate surface area is 141 Å². The first-order valence-electron chi connectivity index (χ1n) is 6.90. The maximum Gasteiger partial charge on any atom is 0.422 e. The molecule has 0 bridgehead atoms. The molecule has 9 heteroatoms. The molecule has 0 aliphatic carbocycles. The fourth-order valence-corrected chi connectivity index (χ4v) is 2.66. The van der Waals surface area contributed by atoms with Crippen LogP contribution in [0.4, 0.5) is 23.2 Å². The Balaban J connectivity index is 2.20. The van der Waals surface area contributed by atoms with Crippen LogP contribution in [0, 0.1) is 5.82 Å². The van der Waals surface area contributed by atoms with Crippen molar-refractivity contribution in [1.82, 2.24) is 0 Å². The quantitative estimate of drug-likeness (QED) is 0.771. The van der Waals surface area contributed by atoms with Crippen LogP contribution in [-0.2, 0) is 10.0 Å². The summed E-state index contributed by atoms with van der Waals surface area (Å²) in [6.45, 7) is -1.63. The maximum absolute atomic E-state index is 13.3. The molecule has 0 aliphatic rings. The minimum atomic E-state index is -4.61. The van der Waals surface area contributed by atoms with Gasteiger partial charge in [-0.05, 0) is 23.8 Å². The molecule has 4 nitrogen and oxygen atoms in total. The van der Waals surface area contributed by atoms with E-state index in [-0.39, 0.29) is 0 Å². The number of benzene rings is 2. The Morgan fingerprint density at radius 2 is 1.76 bits per heavy atom.